The van der Waals surface area contributed by atoms with Crippen molar-refractivity contribution in [1.29, 1.82) is 0 Å². The normalized spacial score (nSPS) is 23.9. The van der Waals surface area contributed by atoms with Gasteiger partial charge >= 0.3 is 0 Å². The van der Waals surface area contributed by atoms with Crippen LogP contribution in [0.2, 0.25) is 0 Å². The van der Waals surface area contributed by atoms with Crippen LogP contribution in [-0.4, -0.2) is 6.54 Å². The number of rotatable bonds is 2. The van der Waals surface area contributed by atoms with E-state index in [9.17, 15) is 0 Å². The molecule has 55 valence electrons. The maximum absolute atomic E-state index is 3.80. The molecule has 0 saturated heterocycles. The van der Waals surface area contributed by atoms with Crippen LogP contribution in [0.5, 0.6) is 0 Å². The Morgan fingerprint density at radius 2 is 2.50 bits per heavy atom. The van der Waals surface area contributed by atoms with Gasteiger partial charge in [0.1, 0.15) is 0 Å². The second-order valence-corrected chi connectivity index (χ2v) is 2.31. The van der Waals surface area contributed by atoms with Gasteiger partial charge in [0.05, 0.1) is 0 Å². The summed E-state index contributed by atoms with van der Waals surface area (Å²) in [5, 5.41) is 3.18. The Labute approximate surface area is 88.5 Å². The molecule has 1 aliphatic rings. The fourth-order valence-corrected chi connectivity index (χ4v) is 1.00. The zero-order valence-corrected chi connectivity index (χ0v) is 9.05. The molecule has 0 aliphatic carbocycles. The molecule has 10 heavy (non-hydrogen) atoms. The second kappa shape index (κ2) is 6.51. The van der Waals surface area contributed by atoms with Gasteiger partial charge in [0.25, 0.3) is 0 Å². The molecule has 0 aromatic rings. The first-order valence-electron chi connectivity index (χ1n) is 3.46. The largest absolute Gasteiger partial charge is 0.466 e. The molecule has 2 heteroatoms. The molecule has 1 N–H and O–H groups in total. The van der Waals surface area contributed by atoms with Crippen LogP contribution in [0.25, 0.3) is 0 Å². The molecule has 0 fully saturated rings. The average Bonchev–Trinajstić information content (AvgIpc) is 1.91. The van der Waals surface area contributed by atoms with Gasteiger partial charge in [-0.05, 0) is 6.54 Å². The van der Waals surface area contributed by atoms with Gasteiger partial charge in [0.2, 0.25) is 0 Å². The van der Waals surface area contributed by atoms with Gasteiger partial charge in [0.15, 0.2) is 0 Å². The summed E-state index contributed by atoms with van der Waals surface area (Å²) in [6.45, 7) is 6.94. The summed E-state index contributed by atoms with van der Waals surface area (Å²) in [5.41, 5.74) is 0. The van der Waals surface area contributed by atoms with Crippen LogP contribution >= 0.6 is 0 Å². The molecule has 1 radical (unpaired) electrons. The molecule has 1 atom stereocenters. The van der Waals surface area contributed by atoms with Gasteiger partial charge in [-0.15, -0.1) is 18.4 Å². The third-order valence-electron chi connectivity index (χ3n) is 1.49. The Hall–Kier alpha value is 0.804. The Balaban J connectivity index is 0.000000810. The third kappa shape index (κ3) is 3.85. The van der Waals surface area contributed by atoms with E-state index in [4.69, 9.17) is 0 Å². The molecule has 0 saturated carbocycles. The quantitative estimate of drug-likeness (QED) is 0.540. The van der Waals surface area contributed by atoms with Crippen molar-refractivity contribution in [2.24, 2.45) is 5.92 Å². The topological polar surface area (TPSA) is 12.0 Å². The summed E-state index contributed by atoms with van der Waals surface area (Å²) in [5.74, 6) is 0.622. The minimum absolute atomic E-state index is 0. The molecule has 0 spiro atoms. The summed E-state index contributed by atoms with van der Waals surface area (Å²) >= 11 is 0. The van der Waals surface area contributed by atoms with Crippen LogP contribution in [0.4, 0.5) is 0 Å². The summed E-state index contributed by atoms with van der Waals surface area (Å²) in [6.07, 6.45) is 6.60. The van der Waals surface area contributed by atoms with E-state index in [-0.39, 0.29) is 32.7 Å². The van der Waals surface area contributed by atoms with E-state index in [0.29, 0.717) is 5.92 Å². The summed E-state index contributed by atoms with van der Waals surface area (Å²) in [4.78, 5) is 0. The molecule has 0 aromatic heterocycles. The molecule has 0 amide bonds. The van der Waals surface area contributed by atoms with Crippen LogP contribution in [0.15, 0.2) is 12.2 Å². The zero-order chi connectivity index (χ0) is 6.53. The van der Waals surface area contributed by atoms with E-state index in [1.165, 1.54) is 6.42 Å². The molecular formula is C8H13NY-2. The van der Waals surface area contributed by atoms with E-state index >= 15 is 0 Å². The van der Waals surface area contributed by atoms with E-state index < -0.39 is 0 Å². The Kier molecular flexibility index (Phi) is 7.03. The fourth-order valence-electron chi connectivity index (χ4n) is 1.00. The SMILES string of the molecule is [CH2-]CCC1C=CCN[CH-]1.[Y]. The number of hydrogen-bond donors (Lipinski definition) is 1. The fraction of sp³-hybridized carbons (Fsp3) is 0.500. The first-order chi connectivity index (χ1) is 4.43. The first-order valence-corrected chi connectivity index (χ1v) is 3.46. The van der Waals surface area contributed by atoms with Gasteiger partial charge in [0, 0.05) is 32.7 Å². The zero-order valence-electron chi connectivity index (χ0n) is 6.22. The Morgan fingerprint density at radius 3 is 3.00 bits per heavy atom. The van der Waals surface area contributed by atoms with Gasteiger partial charge in [-0.25, -0.2) is 0 Å². The molecule has 0 aromatic carbocycles. The van der Waals surface area contributed by atoms with Gasteiger partial charge < -0.3 is 12.2 Å². The van der Waals surface area contributed by atoms with Crippen molar-refractivity contribution in [3.05, 3.63) is 25.6 Å². The molecular weight excluding hydrogens is 199 g/mol. The third-order valence-corrected chi connectivity index (χ3v) is 1.49. The average molecular weight is 212 g/mol. The molecule has 1 heterocycles. The maximum atomic E-state index is 3.80. The van der Waals surface area contributed by atoms with Crippen molar-refractivity contribution in [3.8, 4) is 0 Å². The molecule has 1 rings (SSSR count). The second-order valence-electron chi connectivity index (χ2n) is 2.31. The number of nitrogens with one attached hydrogen (secondary N) is 1. The summed E-state index contributed by atoms with van der Waals surface area (Å²) in [6, 6.07) is 0. The van der Waals surface area contributed by atoms with Crippen molar-refractivity contribution in [2.75, 3.05) is 6.54 Å². The minimum atomic E-state index is 0. The van der Waals surface area contributed by atoms with Crippen molar-refractivity contribution in [2.45, 2.75) is 12.8 Å². The van der Waals surface area contributed by atoms with Crippen LogP contribution in [0.1, 0.15) is 12.8 Å². The van der Waals surface area contributed by atoms with Gasteiger partial charge in [-0.3, -0.25) is 6.54 Å². The predicted octanol–water partition coefficient (Wildman–Crippen LogP) is 1.54. The van der Waals surface area contributed by atoms with E-state index in [2.05, 4.69) is 30.9 Å². The van der Waals surface area contributed by atoms with Crippen LogP contribution < -0.4 is 5.32 Å². The Morgan fingerprint density at radius 1 is 1.70 bits per heavy atom. The summed E-state index contributed by atoms with van der Waals surface area (Å²) in [7, 11) is 0. The standard InChI is InChI=1S/C8H13N.Y/c1-2-4-8-5-3-6-9-7-8;/h3,5,7-9H,1-2,4,6H2;/q-2;. The molecule has 1 nitrogen and oxygen atoms in total. The molecule has 1 aliphatic heterocycles. The van der Waals surface area contributed by atoms with Gasteiger partial charge in [-0.2, -0.15) is 6.42 Å². The smallest absolute Gasteiger partial charge is 0 e. The van der Waals surface area contributed by atoms with Crippen LogP contribution in [-0.2, 0) is 32.7 Å². The van der Waals surface area contributed by atoms with Crippen molar-refractivity contribution in [1.82, 2.24) is 5.32 Å². The number of hydrogen-bond acceptors (Lipinski definition) is 1. The Bertz CT molecular complexity index is 101. The molecule has 1 unspecified atom stereocenters. The van der Waals surface area contributed by atoms with Crippen molar-refractivity contribution in [3.63, 3.8) is 0 Å². The van der Waals surface area contributed by atoms with Crippen LogP contribution in [0, 0.1) is 19.4 Å². The first kappa shape index (κ1) is 10.8. The monoisotopic (exact) mass is 212 g/mol. The summed E-state index contributed by atoms with van der Waals surface area (Å²) < 4.78 is 0. The maximum Gasteiger partial charge on any atom is 0 e. The van der Waals surface area contributed by atoms with E-state index in [0.717, 1.165) is 13.0 Å². The van der Waals surface area contributed by atoms with Gasteiger partial charge in [-0.1, -0.05) is 6.08 Å². The van der Waals surface area contributed by atoms with Crippen LogP contribution in [0.3, 0.4) is 0 Å². The predicted molar refractivity (Wildman–Crippen MR) is 39.5 cm³/mol. The minimum Gasteiger partial charge on any atom is -0.466 e. The van der Waals surface area contributed by atoms with Crippen molar-refractivity contribution >= 4 is 0 Å². The van der Waals surface area contributed by atoms with E-state index in [1.807, 2.05) is 0 Å². The van der Waals surface area contributed by atoms with Crippen molar-refractivity contribution < 1.29 is 32.7 Å². The molecule has 0 bridgehead atoms. The van der Waals surface area contributed by atoms with E-state index in [1.54, 1.807) is 0 Å².